The number of hydrogen-bond acceptors (Lipinski definition) is 5. The summed E-state index contributed by atoms with van der Waals surface area (Å²) in [5.74, 6) is -2.19. The summed E-state index contributed by atoms with van der Waals surface area (Å²) in [5.41, 5.74) is 0.221. The Morgan fingerprint density at radius 3 is 2.50 bits per heavy atom. The summed E-state index contributed by atoms with van der Waals surface area (Å²) >= 11 is 0. The molecule has 0 atom stereocenters. The molecule has 2 aromatic rings. The summed E-state index contributed by atoms with van der Waals surface area (Å²) in [5, 5.41) is 8.95. The molecule has 24 heavy (non-hydrogen) atoms. The third-order valence-corrected chi connectivity index (χ3v) is 5.39. The monoisotopic (exact) mass is 351 g/mol. The number of benzene rings is 1. The Balaban J connectivity index is 1.74. The van der Waals surface area contributed by atoms with Crippen LogP contribution in [0.3, 0.4) is 0 Å². The molecule has 0 unspecified atom stereocenters. The van der Waals surface area contributed by atoms with E-state index in [-0.39, 0.29) is 24.5 Å². The number of sulfonamides is 1. The van der Waals surface area contributed by atoms with Crippen molar-refractivity contribution in [1.29, 1.82) is 5.26 Å². The first-order chi connectivity index (χ1) is 11.4. The maximum Gasteiger partial charge on any atom is 0.249 e. The molecule has 0 radical (unpaired) electrons. The normalized spacial score (nSPS) is 15.5. The Morgan fingerprint density at radius 1 is 1.21 bits per heavy atom. The highest BCUT2D eigenvalue weighted by Gasteiger charge is 2.41. The minimum Gasteiger partial charge on any atom is -0.471 e. The lowest BCUT2D eigenvalue weighted by molar-refractivity contribution is 0.0714. The highest BCUT2D eigenvalue weighted by Crippen LogP contribution is 2.28. The van der Waals surface area contributed by atoms with Crippen LogP contribution in [0.4, 0.5) is 8.78 Å². The molecule has 124 valence electrons. The first kappa shape index (κ1) is 16.3. The van der Waals surface area contributed by atoms with Gasteiger partial charge >= 0.3 is 0 Å². The van der Waals surface area contributed by atoms with E-state index in [1.165, 1.54) is 12.3 Å². The van der Waals surface area contributed by atoms with Gasteiger partial charge in [0.2, 0.25) is 15.9 Å². The number of pyridine rings is 1. The van der Waals surface area contributed by atoms with Crippen molar-refractivity contribution in [3.63, 3.8) is 0 Å². The van der Waals surface area contributed by atoms with Crippen LogP contribution >= 0.6 is 0 Å². The maximum absolute atomic E-state index is 13.7. The molecule has 0 saturated carbocycles. The highest BCUT2D eigenvalue weighted by atomic mass is 32.2. The quantitative estimate of drug-likeness (QED) is 0.837. The Bertz CT molecular complexity index is 902. The number of halogens is 2. The van der Waals surface area contributed by atoms with Crippen LogP contribution < -0.4 is 4.74 Å². The number of hydrogen-bond donors (Lipinski definition) is 0. The maximum atomic E-state index is 13.7. The smallest absolute Gasteiger partial charge is 0.249 e. The minimum atomic E-state index is -4.29. The zero-order chi connectivity index (χ0) is 17.3. The van der Waals surface area contributed by atoms with Gasteiger partial charge in [-0.3, -0.25) is 0 Å². The van der Waals surface area contributed by atoms with E-state index in [0.29, 0.717) is 0 Å². The van der Waals surface area contributed by atoms with E-state index >= 15 is 0 Å². The molecule has 1 saturated heterocycles. The molecule has 1 fully saturated rings. The second-order valence-corrected chi connectivity index (χ2v) is 6.96. The van der Waals surface area contributed by atoms with Gasteiger partial charge in [-0.2, -0.15) is 9.57 Å². The van der Waals surface area contributed by atoms with Gasteiger partial charge in [0, 0.05) is 6.20 Å². The predicted molar refractivity (Wildman–Crippen MR) is 78.5 cm³/mol. The zero-order valence-electron chi connectivity index (χ0n) is 12.2. The van der Waals surface area contributed by atoms with Gasteiger partial charge < -0.3 is 4.74 Å². The van der Waals surface area contributed by atoms with Gasteiger partial charge in [-0.1, -0.05) is 6.07 Å². The van der Waals surface area contributed by atoms with Crippen molar-refractivity contribution in [2.75, 3.05) is 13.1 Å². The number of nitriles is 1. The van der Waals surface area contributed by atoms with Crippen molar-refractivity contribution < 1.29 is 21.9 Å². The largest absolute Gasteiger partial charge is 0.471 e. The number of rotatable bonds is 4. The molecule has 0 aliphatic carbocycles. The van der Waals surface area contributed by atoms with Crippen LogP contribution in [-0.2, 0) is 10.0 Å². The Kier molecular flexibility index (Phi) is 4.17. The lowest BCUT2D eigenvalue weighted by Crippen LogP contribution is -2.56. The lowest BCUT2D eigenvalue weighted by atomic mass is 10.2. The van der Waals surface area contributed by atoms with E-state index in [9.17, 15) is 17.2 Å². The van der Waals surface area contributed by atoms with E-state index in [0.717, 1.165) is 22.5 Å². The number of aromatic nitrogens is 1. The Labute approximate surface area is 137 Å². The molecule has 1 aromatic carbocycles. The highest BCUT2D eigenvalue weighted by molar-refractivity contribution is 7.89. The van der Waals surface area contributed by atoms with Crippen LogP contribution in [0.1, 0.15) is 5.56 Å². The zero-order valence-corrected chi connectivity index (χ0v) is 13.0. The molecular formula is C15H11F2N3O3S. The molecular weight excluding hydrogens is 340 g/mol. The van der Waals surface area contributed by atoms with E-state index in [1.807, 2.05) is 6.07 Å². The molecule has 1 aliphatic heterocycles. The topological polar surface area (TPSA) is 83.3 Å². The molecule has 0 bridgehead atoms. The van der Waals surface area contributed by atoms with Crippen LogP contribution in [0.25, 0.3) is 0 Å². The van der Waals surface area contributed by atoms with Gasteiger partial charge in [-0.05, 0) is 24.3 Å². The predicted octanol–water partition coefficient (Wildman–Crippen LogP) is 1.68. The fourth-order valence-electron chi connectivity index (χ4n) is 2.26. The van der Waals surface area contributed by atoms with Gasteiger partial charge in [-0.25, -0.2) is 22.2 Å². The van der Waals surface area contributed by atoms with E-state index in [2.05, 4.69) is 4.98 Å². The first-order valence-electron chi connectivity index (χ1n) is 6.89. The molecule has 0 N–H and O–H groups in total. The molecule has 0 spiro atoms. The van der Waals surface area contributed by atoms with Gasteiger partial charge in [0.25, 0.3) is 0 Å². The average molecular weight is 351 g/mol. The summed E-state index contributed by atoms with van der Waals surface area (Å²) in [6, 6.07) is 7.87. The average Bonchev–Trinajstić information content (AvgIpc) is 2.50. The van der Waals surface area contributed by atoms with Crippen LogP contribution in [0.2, 0.25) is 0 Å². The second kappa shape index (κ2) is 6.14. The van der Waals surface area contributed by atoms with E-state index in [4.69, 9.17) is 10.00 Å². The Morgan fingerprint density at radius 2 is 1.88 bits per heavy atom. The molecule has 2 heterocycles. The molecule has 3 rings (SSSR count). The summed E-state index contributed by atoms with van der Waals surface area (Å²) in [6.07, 6.45) is 0.898. The van der Waals surface area contributed by atoms with Gasteiger partial charge in [0.15, 0.2) is 4.90 Å². The fraction of sp³-hybridized carbons (Fsp3) is 0.200. The standard InChI is InChI=1S/C15H11F2N3O3S/c16-12-4-1-5-13(17)14(12)24(21,22)20-8-11(9-20)23-15-10(7-18)3-2-6-19-15/h1-6,11H,8-9H2. The van der Waals surface area contributed by atoms with Crippen LogP contribution in [-0.4, -0.2) is 36.9 Å². The van der Waals surface area contributed by atoms with Gasteiger partial charge in [0.05, 0.1) is 13.1 Å². The molecule has 0 amide bonds. The summed E-state index contributed by atoms with van der Waals surface area (Å²) < 4.78 is 58.3. The van der Waals surface area contributed by atoms with Crippen molar-refractivity contribution in [3.05, 3.63) is 53.7 Å². The van der Waals surface area contributed by atoms with Gasteiger partial charge in [-0.15, -0.1) is 0 Å². The molecule has 1 aromatic heterocycles. The van der Waals surface area contributed by atoms with Crippen molar-refractivity contribution in [2.24, 2.45) is 0 Å². The van der Waals surface area contributed by atoms with Crippen LogP contribution in [0.5, 0.6) is 5.88 Å². The first-order valence-corrected chi connectivity index (χ1v) is 8.33. The minimum absolute atomic E-state index is 0.0858. The third-order valence-electron chi connectivity index (χ3n) is 3.50. The fourth-order valence-corrected chi connectivity index (χ4v) is 3.87. The lowest BCUT2D eigenvalue weighted by Gasteiger charge is -2.37. The molecule has 9 heteroatoms. The summed E-state index contributed by atoms with van der Waals surface area (Å²) in [6.45, 7) is -0.172. The second-order valence-electron chi connectivity index (χ2n) is 5.08. The number of nitrogens with zero attached hydrogens (tertiary/aromatic N) is 3. The van der Waals surface area contributed by atoms with Crippen LogP contribution in [0, 0.1) is 23.0 Å². The van der Waals surface area contributed by atoms with Crippen molar-refractivity contribution in [1.82, 2.24) is 9.29 Å². The SMILES string of the molecule is N#Cc1cccnc1OC1CN(S(=O)(=O)c2c(F)cccc2F)C1. The van der Waals surface area contributed by atoms with E-state index < -0.39 is 32.7 Å². The Hall–Kier alpha value is -2.57. The molecule has 1 aliphatic rings. The third kappa shape index (κ3) is 2.81. The molecule has 6 nitrogen and oxygen atoms in total. The van der Waals surface area contributed by atoms with E-state index in [1.54, 1.807) is 6.07 Å². The summed E-state index contributed by atoms with van der Waals surface area (Å²) in [7, 11) is -4.29. The van der Waals surface area contributed by atoms with Crippen molar-refractivity contribution in [2.45, 2.75) is 11.0 Å². The summed E-state index contributed by atoms with van der Waals surface area (Å²) in [4.78, 5) is 2.94. The van der Waals surface area contributed by atoms with Crippen molar-refractivity contribution >= 4 is 10.0 Å². The number of ether oxygens (including phenoxy) is 1. The van der Waals surface area contributed by atoms with Crippen LogP contribution in [0.15, 0.2) is 41.4 Å². The van der Waals surface area contributed by atoms with Gasteiger partial charge in [0.1, 0.15) is 29.4 Å². The van der Waals surface area contributed by atoms with Crippen molar-refractivity contribution in [3.8, 4) is 11.9 Å².